The van der Waals surface area contributed by atoms with Gasteiger partial charge in [-0.25, -0.2) is 0 Å². The normalized spacial score (nSPS) is 20.5. The molecule has 0 nitrogen and oxygen atoms in total. The highest BCUT2D eigenvalue weighted by Gasteiger charge is 2.52. The second-order valence-corrected chi connectivity index (χ2v) is 29.7. The Kier molecular flexibility index (Phi) is 11.2. The summed E-state index contributed by atoms with van der Waals surface area (Å²) in [4.78, 5) is 0. The van der Waals surface area contributed by atoms with E-state index in [1.54, 1.807) is 0 Å². The van der Waals surface area contributed by atoms with Crippen molar-refractivity contribution in [2.75, 3.05) is 0 Å². The molecule has 0 N–H and O–H groups in total. The fourth-order valence-electron chi connectivity index (χ4n) is 17.1. The largest absolute Gasteiger partial charge is 0.135 e. The molecule has 4 aliphatic carbocycles. The summed E-state index contributed by atoms with van der Waals surface area (Å²) in [7, 11) is 0. The van der Waals surface area contributed by atoms with Crippen molar-refractivity contribution in [2.24, 2.45) is 23.7 Å². The van der Waals surface area contributed by atoms with Gasteiger partial charge >= 0.3 is 0 Å². The molecule has 0 aliphatic heterocycles. The van der Waals surface area contributed by atoms with E-state index in [0.29, 0.717) is 23.7 Å². The van der Waals surface area contributed by atoms with Gasteiger partial charge in [0.1, 0.15) is 0 Å². The van der Waals surface area contributed by atoms with Gasteiger partial charge in [-0.3, -0.25) is 0 Å². The molecular weight excluding hydrogens is 1070 g/mol. The third-order valence-electron chi connectivity index (χ3n) is 21.8. The lowest BCUT2D eigenvalue weighted by molar-refractivity contribution is 0.191. The maximum Gasteiger partial charge on any atom is 0.0433 e. The zero-order chi connectivity index (χ0) is 58.2. The highest BCUT2D eigenvalue weighted by molar-refractivity contribution is 7.26. The molecule has 12 aromatic carbocycles. The number of hydrogen-bond acceptors (Lipinski definition) is 2. The molecule has 4 atom stereocenters. The monoisotopic (exact) mass is 1140 g/mol. The van der Waals surface area contributed by atoms with Crippen molar-refractivity contribution >= 4 is 139 Å². The van der Waals surface area contributed by atoms with Gasteiger partial charge in [-0.05, 0) is 203 Å². The zero-order valence-corrected chi connectivity index (χ0v) is 51.9. The fraction of sp³-hybridized carbons (Fsp3) is 0.190. The molecule has 0 bridgehead atoms. The Balaban J connectivity index is 0.000000134. The van der Waals surface area contributed by atoms with Gasteiger partial charge in [0.15, 0.2) is 0 Å². The van der Waals surface area contributed by atoms with Gasteiger partial charge in [0.05, 0.1) is 0 Å². The Morgan fingerprint density at radius 2 is 0.605 bits per heavy atom. The van der Waals surface area contributed by atoms with Crippen LogP contribution < -0.4 is 0 Å². The summed E-state index contributed by atoms with van der Waals surface area (Å²) >= 11 is 3.82. The number of benzene rings is 12. The molecule has 0 radical (unpaired) electrons. The second kappa shape index (κ2) is 18.6. The zero-order valence-electron chi connectivity index (χ0n) is 50.2. The maximum atomic E-state index is 2.62. The predicted octanol–water partition coefficient (Wildman–Crippen LogP) is 23.9. The third kappa shape index (κ3) is 7.39. The minimum absolute atomic E-state index is 0.00138. The van der Waals surface area contributed by atoms with Crippen LogP contribution in [0, 0.1) is 23.7 Å². The molecule has 416 valence electrons. The van der Waals surface area contributed by atoms with Crippen LogP contribution in [-0.4, -0.2) is 0 Å². The van der Waals surface area contributed by atoms with Crippen LogP contribution in [0.4, 0.5) is 0 Å². The van der Waals surface area contributed by atoms with Gasteiger partial charge in [-0.15, -0.1) is 22.7 Å². The minimum Gasteiger partial charge on any atom is -0.135 e. The van der Waals surface area contributed by atoms with E-state index < -0.39 is 0 Å². The first kappa shape index (κ1) is 52.0. The summed E-state index contributed by atoms with van der Waals surface area (Å²) < 4.78 is 5.49. The van der Waals surface area contributed by atoms with Crippen molar-refractivity contribution in [3.8, 4) is 0 Å². The van der Waals surface area contributed by atoms with E-state index in [4.69, 9.17) is 0 Å². The molecule has 0 spiro atoms. The standard InChI is InChI=1S/2C42H34S/c1-41(2)35-21-20-25(26-17-11-18-32-31-16-9-10-19-39(31)43-40(26)32)22-36(35)42(3,4)38-24-34-30-15-8-6-13-28(30)27-12-5-7-14-29(27)33(34)23-37(38)41;1-41(2)35-19-17-26(25-18-20-40-34(21-25)31-15-9-10-16-39(31)43-40)22-36(35)42(3,4)38-24-33-30-14-8-6-12-28(30)27-11-5-7-13-29(27)32(33)23-37(38)41/h2*5-24,35-36H,1-4H3. The van der Waals surface area contributed by atoms with Gasteiger partial charge < -0.3 is 0 Å². The van der Waals surface area contributed by atoms with Crippen LogP contribution in [0.15, 0.2) is 243 Å². The molecule has 0 saturated heterocycles. The average Bonchev–Trinajstić information content (AvgIpc) is 0.920. The highest BCUT2D eigenvalue weighted by Crippen LogP contribution is 2.60. The molecule has 14 aromatic rings. The van der Waals surface area contributed by atoms with E-state index in [0.717, 1.165) is 0 Å². The van der Waals surface area contributed by atoms with Crippen molar-refractivity contribution in [1.82, 2.24) is 0 Å². The molecule has 0 saturated carbocycles. The predicted molar refractivity (Wildman–Crippen MR) is 377 cm³/mol. The minimum atomic E-state index is -0.0273. The third-order valence-corrected chi connectivity index (χ3v) is 24.1. The molecule has 0 amide bonds. The summed E-state index contributed by atoms with van der Waals surface area (Å²) in [6.45, 7) is 19.8. The lowest BCUT2D eigenvalue weighted by Crippen LogP contribution is -2.48. The lowest BCUT2D eigenvalue weighted by Gasteiger charge is -2.53. The molecule has 2 heteroatoms. The van der Waals surface area contributed by atoms with Crippen molar-refractivity contribution in [2.45, 2.75) is 77.0 Å². The number of fused-ring (bicyclic) bond motifs is 22. The van der Waals surface area contributed by atoms with Gasteiger partial charge in [-0.2, -0.15) is 0 Å². The van der Waals surface area contributed by atoms with E-state index in [-0.39, 0.29) is 21.7 Å². The van der Waals surface area contributed by atoms with Crippen LogP contribution in [0.1, 0.15) is 88.8 Å². The smallest absolute Gasteiger partial charge is 0.0433 e. The molecule has 4 unspecified atom stereocenters. The Hall–Kier alpha value is -8.40. The van der Waals surface area contributed by atoms with Gasteiger partial charge in [0.25, 0.3) is 0 Å². The number of thiophene rings is 2. The van der Waals surface area contributed by atoms with Crippen LogP contribution in [0.5, 0.6) is 0 Å². The van der Waals surface area contributed by atoms with Crippen LogP contribution in [-0.2, 0) is 21.7 Å². The van der Waals surface area contributed by atoms with Gasteiger partial charge in [-0.1, -0.05) is 250 Å². The summed E-state index contributed by atoms with van der Waals surface area (Å²) in [5.41, 5.74) is 11.3. The summed E-state index contributed by atoms with van der Waals surface area (Å²) in [5.74, 6) is 1.64. The second-order valence-electron chi connectivity index (χ2n) is 27.6. The first-order valence-corrected chi connectivity index (χ1v) is 32.7. The van der Waals surface area contributed by atoms with Crippen molar-refractivity contribution in [3.05, 3.63) is 276 Å². The van der Waals surface area contributed by atoms with Crippen LogP contribution in [0.3, 0.4) is 0 Å². The van der Waals surface area contributed by atoms with Crippen molar-refractivity contribution < 1.29 is 0 Å². The molecule has 4 aliphatic rings. The lowest BCUT2D eigenvalue weighted by atomic mass is 9.51. The summed E-state index contributed by atoms with van der Waals surface area (Å²) in [5, 5.41) is 21.8. The Morgan fingerprint density at radius 3 is 1.06 bits per heavy atom. The highest BCUT2D eigenvalue weighted by atomic mass is 32.1. The average molecular weight is 1140 g/mol. The fourth-order valence-corrected chi connectivity index (χ4v) is 19.4. The molecule has 2 heterocycles. The van der Waals surface area contributed by atoms with Crippen molar-refractivity contribution in [1.29, 1.82) is 0 Å². The van der Waals surface area contributed by atoms with E-state index in [2.05, 4.69) is 298 Å². The Bertz CT molecular complexity index is 5380. The first-order chi connectivity index (χ1) is 41.7. The van der Waals surface area contributed by atoms with Crippen molar-refractivity contribution in [3.63, 3.8) is 0 Å². The number of hydrogen-bond donors (Lipinski definition) is 0. The number of rotatable bonds is 2. The SMILES string of the molecule is CC1(C)c2cc3c4ccccc4c4ccccc4c3cc2C(C)(C)C2C=C(c3ccc4sc5ccccc5c4c3)C=CC21.CC1(C)c2cc3c4ccccc4c4ccccc4c3cc2C(C)(C)C2C=C(c3cccc4c3sc3ccccc34)C=CC21. The van der Waals surface area contributed by atoms with Crippen LogP contribution in [0.25, 0.3) is 116 Å². The first-order valence-electron chi connectivity index (χ1n) is 31.0. The van der Waals surface area contributed by atoms with E-state index in [9.17, 15) is 0 Å². The van der Waals surface area contributed by atoms with Gasteiger partial charge in [0.2, 0.25) is 0 Å². The van der Waals surface area contributed by atoms with E-state index >= 15 is 0 Å². The summed E-state index contributed by atoms with van der Waals surface area (Å²) in [6, 6.07) is 77.7. The van der Waals surface area contributed by atoms with Crippen LogP contribution >= 0.6 is 22.7 Å². The number of allylic oxidation sites excluding steroid dienone is 8. The van der Waals surface area contributed by atoms with E-state index in [1.807, 2.05) is 22.7 Å². The van der Waals surface area contributed by atoms with E-state index in [1.165, 1.54) is 150 Å². The topological polar surface area (TPSA) is 0 Å². The molecule has 0 fully saturated rings. The quantitative estimate of drug-likeness (QED) is 0.151. The molecule has 18 rings (SSSR count). The Labute approximate surface area is 512 Å². The molecular formula is C84H68S2. The van der Waals surface area contributed by atoms with Crippen LogP contribution in [0.2, 0.25) is 0 Å². The van der Waals surface area contributed by atoms with Gasteiger partial charge in [0, 0.05) is 40.3 Å². The Morgan fingerprint density at radius 1 is 0.267 bits per heavy atom. The summed E-state index contributed by atoms with van der Waals surface area (Å²) in [6.07, 6.45) is 15.1. The maximum absolute atomic E-state index is 2.62. The molecule has 86 heavy (non-hydrogen) atoms. The molecule has 2 aromatic heterocycles.